The summed E-state index contributed by atoms with van der Waals surface area (Å²) in [6, 6.07) is 16.5. The van der Waals surface area contributed by atoms with Crippen molar-refractivity contribution in [2.45, 2.75) is 25.2 Å². The number of hydrogen-bond donors (Lipinski definition) is 1. The van der Waals surface area contributed by atoms with Crippen LogP contribution in [0, 0.1) is 0 Å². The maximum absolute atomic E-state index is 12.1. The van der Waals surface area contributed by atoms with E-state index >= 15 is 0 Å². The third kappa shape index (κ3) is 5.18. The first-order chi connectivity index (χ1) is 16.4. The van der Waals surface area contributed by atoms with Crippen molar-refractivity contribution in [1.29, 1.82) is 0 Å². The number of methoxy groups -OCH3 is 1. The first-order valence-corrected chi connectivity index (χ1v) is 11.5. The van der Waals surface area contributed by atoms with Crippen LogP contribution in [0.3, 0.4) is 0 Å². The minimum atomic E-state index is -1.13. The van der Waals surface area contributed by atoms with Gasteiger partial charge in [0.05, 0.1) is 18.8 Å². The smallest absolute Gasteiger partial charge is 0.342 e. The second kappa shape index (κ2) is 10.2. The maximum atomic E-state index is 12.1. The lowest BCUT2D eigenvalue weighted by Crippen LogP contribution is -2.07. The van der Waals surface area contributed by atoms with Crippen LogP contribution in [-0.4, -0.2) is 34.5 Å². The number of aromatic nitrogens is 2. The summed E-state index contributed by atoms with van der Waals surface area (Å²) in [5.74, 6) is 0.127. The predicted octanol–water partition coefficient (Wildman–Crippen LogP) is 6.56. The Bertz CT molecular complexity index is 1380. The molecule has 0 amide bonds. The molecule has 0 aliphatic carbocycles. The zero-order valence-electron chi connectivity index (χ0n) is 18.6. The number of benzene rings is 3. The molecular weight excluding hydrogens is 476 g/mol. The van der Waals surface area contributed by atoms with Crippen molar-refractivity contribution in [3.63, 3.8) is 0 Å². The van der Waals surface area contributed by atoms with E-state index in [0.717, 1.165) is 22.5 Å². The van der Waals surface area contributed by atoms with Crippen molar-refractivity contribution in [3.8, 4) is 23.0 Å². The quantitative estimate of drug-likeness (QED) is 0.216. The highest BCUT2D eigenvalue weighted by molar-refractivity contribution is 8.03. The fourth-order valence-corrected chi connectivity index (χ4v) is 4.17. The maximum Gasteiger partial charge on any atom is 0.342 e. The summed E-state index contributed by atoms with van der Waals surface area (Å²) in [5, 5.41) is 20.4. The van der Waals surface area contributed by atoms with Crippen molar-refractivity contribution < 1.29 is 23.8 Å². The summed E-state index contributed by atoms with van der Waals surface area (Å²) < 4.78 is 17.0. The molecule has 0 bridgehead atoms. The van der Waals surface area contributed by atoms with E-state index in [9.17, 15) is 9.90 Å². The van der Waals surface area contributed by atoms with E-state index in [4.69, 9.17) is 25.5 Å². The molecule has 1 heterocycles. The molecule has 0 spiro atoms. The molecule has 0 radical (unpaired) electrons. The number of nitrogens with zero attached hydrogens (tertiary/aromatic N) is 2. The van der Waals surface area contributed by atoms with Crippen LogP contribution in [0.1, 0.15) is 19.4 Å². The predicted molar refractivity (Wildman–Crippen MR) is 132 cm³/mol. The molecule has 0 aliphatic heterocycles. The highest BCUT2D eigenvalue weighted by Gasteiger charge is 2.20. The second-order valence-electron chi connectivity index (χ2n) is 7.50. The number of rotatable bonds is 8. The fourth-order valence-electron chi connectivity index (χ4n) is 3.35. The zero-order valence-corrected chi connectivity index (χ0v) is 20.2. The Balaban J connectivity index is 1.74. The molecule has 34 heavy (non-hydrogen) atoms. The van der Waals surface area contributed by atoms with Gasteiger partial charge in [0.25, 0.3) is 11.1 Å². The molecule has 0 saturated heterocycles. The minimum Gasteiger partial charge on any atom is -0.496 e. The second-order valence-corrected chi connectivity index (χ2v) is 8.93. The molecule has 9 heteroatoms. The van der Waals surface area contributed by atoms with E-state index in [-0.39, 0.29) is 22.1 Å². The van der Waals surface area contributed by atoms with Gasteiger partial charge in [-0.3, -0.25) is 0 Å². The third-order valence-electron chi connectivity index (χ3n) is 4.78. The van der Waals surface area contributed by atoms with E-state index in [1.807, 2.05) is 50.2 Å². The van der Waals surface area contributed by atoms with Crippen LogP contribution in [0.2, 0.25) is 5.02 Å². The largest absolute Gasteiger partial charge is 0.496 e. The molecular formula is C25H21ClN2O5S. The Morgan fingerprint density at radius 2 is 1.88 bits per heavy atom. The number of halogens is 1. The van der Waals surface area contributed by atoms with Crippen molar-refractivity contribution in [1.82, 2.24) is 10.2 Å². The monoisotopic (exact) mass is 496 g/mol. The summed E-state index contributed by atoms with van der Waals surface area (Å²) in [5.41, 5.74) is 1.17. The number of aliphatic carboxylic acids is 1. The molecule has 4 aromatic rings. The fraction of sp³-hybridized carbons (Fsp3) is 0.160. The zero-order chi connectivity index (χ0) is 24.2. The van der Waals surface area contributed by atoms with Crippen LogP contribution >= 0.6 is 23.4 Å². The van der Waals surface area contributed by atoms with Crippen LogP contribution in [0.25, 0.3) is 28.3 Å². The topological polar surface area (TPSA) is 94.7 Å². The first-order valence-electron chi connectivity index (χ1n) is 10.3. The number of fused-ring (bicyclic) bond motifs is 1. The summed E-state index contributed by atoms with van der Waals surface area (Å²) in [6.45, 7) is 3.83. The summed E-state index contributed by atoms with van der Waals surface area (Å²) in [7, 11) is 1.52. The van der Waals surface area contributed by atoms with Gasteiger partial charge < -0.3 is 19.0 Å². The lowest BCUT2D eigenvalue weighted by atomic mass is 10.0. The highest BCUT2D eigenvalue weighted by Crippen LogP contribution is 2.37. The van der Waals surface area contributed by atoms with Gasteiger partial charge in [0.15, 0.2) is 0 Å². The Labute approximate surface area is 205 Å². The van der Waals surface area contributed by atoms with Gasteiger partial charge in [0.1, 0.15) is 16.4 Å². The summed E-state index contributed by atoms with van der Waals surface area (Å²) >= 11 is 6.95. The van der Waals surface area contributed by atoms with Crippen molar-refractivity contribution >= 4 is 46.2 Å². The molecule has 0 saturated carbocycles. The molecule has 7 nitrogen and oxygen atoms in total. The van der Waals surface area contributed by atoms with Crippen LogP contribution in [-0.2, 0) is 4.79 Å². The van der Waals surface area contributed by atoms with E-state index in [0.29, 0.717) is 27.6 Å². The van der Waals surface area contributed by atoms with Gasteiger partial charge in [0.2, 0.25) is 0 Å². The molecule has 3 aromatic carbocycles. The molecule has 1 N–H and O–H groups in total. The third-order valence-corrected chi connectivity index (χ3v) is 5.86. The molecule has 0 fully saturated rings. The molecule has 0 aliphatic rings. The van der Waals surface area contributed by atoms with Crippen LogP contribution in [0.15, 0.2) is 69.1 Å². The minimum absolute atomic E-state index is 0.00165. The van der Waals surface area contributed by atoms with Crippen molar-refractivity contribution in [2.24, 2.45) is 0 Å². The Kier molecular flexibility index (Phi) is 7.09. The Morgan fingerprint density at radius 1 is 1.12 bits per heavy atom. The number of carboxylic acids is 1. The van der Waals surface area contributed by atoms with E-state index in [2.05, 4.69) is 10.2 Å². The van der Waals surface area contributed by atoms with Crippen LogP contribution in [0.4, 0.5) is 0 Å². The van der Waals surface area contributed by atoms with Crippen molar-refractivity contribution in [3.05, 3.63) is 70.1 Å². The van der Waals surface area contributed by atoms with Crippen molar-refractivity contribution in [2.75, 3.05) is 7.11 Å². The summed E-state index contributed by atoms with van der Waals surface area (Å²) in [6.07, 6.45) is 1.48. The van der Waals surface area contributed by atoms with Crippen LogP contribution < -0.4 is 9.47 Å². The average Bonchev–Trinajstić information content (AvgIpc) is 3.28. The Morgan fingerprint density at radius 3 is 2.62 bits per heavy atom. The number of thioether (sulfide) groups is 1. The normalized spacial score (nSPS) is 11.7. The first kappa shape index (κ1) is 23.7. The number of carboxylic acid groups (broad SMARTS) is 1. The average molecular weight is 497 g/mol. The summed E-state index contributed by atoms with van der Waals surface area (Å²) in [4.78, 5) is 12.1. The molecule has 4 rings (SSSR count). The molecule has 0 unspecified atom stereocenters. The van der Waals surface area contributed by atoms with Gasteiger partial charge in [-0.05, 0) is 66.7 Å². The van der Waals surface area contributed by atoms with Gasteiger partial charge in [0, 0.05) is 10.6 Å². The molecule has 1 aromatic heterocycles. The molecule has 174 valence electrons. The van der Waals surface area contributed by atoms with Gasteiger partial charge in [-0.1, -0.05) is 41.9 Å². The standard InChI is InChI=1S/C25H21ClN2O5S/c1-14(2)32-21-10-8-15-6-4-5-7-17(15)18(21)13-22(24(29)30)34-25-28-27-23(33-25)19-12-16(26)9-11-20(19)31-3/h4-14H,1-3H3,(H,29,30)/b22-13-. The van der Waals surface area contributed by atoms with Crippen LogP contribution in [0.5, 0.6) is 11.5 Å². The van der Waals surface area contributed by atoms with E-state index < -0.39 is 5.97 Å². The van der Waals surface area contributed by atoms with Gasteiger partial charge in [-0.2, -0.15) is 0 Å². The SMILES string of the molecule is COc1ccc(Cl)cc1-c1nnc(S/C(=C\c2c(OC(C)C)ccc3ccccc23)C(=O)O)o1. The lowest BCUT2D eigenvalue weighted by molar-refractivity contribution is -0.131. The number of carbonyl (C=O) groups is 1. The lowest BCUT2D eigenvalue weighted by Gasteiger charge is -2.15. The molecule has 0 atom stereocenters. The van der Waals surface area contributed by atoms with Gasteiger partial charge in [-0.15, -0.1) is 10.2 Å². The van der Waals surface area contributed by atoms with E-state index in [1.165, 1.54) is 7.11 Å². The number of ether oxygens (including phenoxy) is 2. The highest BCUT2D eigenvalue weighted by atomic mass is 35.5. The van der Waals surface area contributed by atoms with Gasteiger partial charge >= 0.3 is 5.97 Å². The van der Waals surface area contributed by atoms with E-state index in [1.54, 1.807) is 24.3 Å². The number of hydrogen-bond acceptors (Lipinski definition) is 7. The van der Waals surface area contributed by atoms with Gasteiger partial charge in [-0.25, -0.2) is 4.79 Å². The Hall–Kier alpha value is -3.49.